The van der Waals surface area contributed by atoms with Gasteiger partial charge in [-0.15, -0.1) is 11.3 Å². The SMILES string of the molecule is CCc1ccsc1C(=O)NC1(c2ncon2)CCOCC1. The number of carbonyl (C=O) groups is 1. The van der Waals surface area contributed by atoms with Crippen molar-refractivity contribution in [3.05, 3.63) is 34.1 Å². The molecule has 3 rings (SSSR count). The van der Waals surface area contributed by atoms with Gasteiger partial charge in [0.1, 0.15) is 5.54 Å². The van der Waals surface area contributed by atoms with E-state index in [2.05, 4.69) is 15.5 Å². The number of ether oxygens (including phenoxy) is 1. The fraction of sp³-hybridized carbons (Fsp3) is 0.500. The van der Waals surface area contributed by atoms with Gasteiger partial charge in [0.2, 0.25) is 6.39 Å². The molecule has 2 aromatic rings. The average molecular weight is 307 g/mol. The number of amides is 1. The Morgan fingerprint density at radius 2 is 2.29 bits per heavy atom. The maximum atomic E-state index is 12.6. The van der Waals surface area contributed by atoms with Crippen LogP contribution in [0.2, 0.25) is 0 Å². The molecule has 1 N–H and O–H groups in total. The summed E-state index contributed by atoms with van der Waals surface area (Å²) < 4.78 is 10.3. The minimum atomic E-state index is -0.600. The Balaban J connectivity index is 1.87. The molecular formula is C14H17N3O3S. The molecule has 112 valence electrons. The van der Waals surface area contributed by atoms with Crippen molar-refractivity contribution in [3.63, 3.8) is 0 Å². The number of aryl methyl sites for hydroxylation is 1. The standard InChI is InChI=1S/C14H17N3O3S/c1-2-10-3-8-21-11(10)12(18)16-14(4-6-19-7-5-14)13-15-9-20-17-13/h3,8-9H,2,4-7H2,1H3,(H,16,18). The molecule has 1 aliphatic heterocycles. The second-order valence-electron chi connectivity index (χ2n) is 5.03. The lowest BCUT2D eigenvalue weighted by Gasteiger charge is -2.35. The lowest BCUT2D eigenvalue weighted by Crippen LogP contribution is -2.50. The van der Waals surface area contributed by atoms with Gasteiger partial charge in [-0.3, -0.25) is 4.79 Å². The number of aromatic nitrogens is 2. The number of hydrogen-bond acceptors (Lipinski definition) is 6. The molecule has 2 aromatic heterocycles. The Kier molecular flexibility index (Phi) is 4.03. The largest absolute Gasteiger partial charge is 0.381 e. The summed E-state index contributed by atoms with van der Waals surface area (Å²) in [6.45, 7) is 3.18. The highest BCUT2D eigenvalue weighted by Crippen LogP contribution is 2.31. The van der Waals surface area contributed by atoms with Gasteiger partial charge in [0.15, 0.2) is 5.82 Å². The molecule has 1 fully saturated rings. The molecule has 1 aliphatic rings. The van der Waals surface area contributed by atoms with E-state index in [4.69, 9.17) is 9.26 Å². The third-order valence-electron chi connectivity index (χ3n) is 3.82. The second-order valence-corrected chi connectivity index (χ2v) is 5.95. The van der Waals surface area contributed by atoms with Gasteiger partial charge in [0, 0.05) is 26.1 Å². The van der Waals surface area contributed by atoms with Crippen LogP contribution in [0.3, 0.4) is 0 Å². The first kappa shape index (κ1) is 14.2. The summed E-state index contributed by atoms with van der Waals surface area (Å²) in [5.41, 5.74) is 0.463. The van der Waals surface area contributed by atoms with Gasteiger partial charge in [0.05, 0.1) is 4.88 Å². The first-order chi connectivity index (χ1) is 10.2. The molecule has 0 spiro atoms. The van der Waals surface area contributed by atoms with Gasteiger partial charge < -0.3 is 14.6 Å². The van der Waals surface area contributed by atoms with Crippen LogP contribution < -0.4 is 5.32 Å². The van der Waals surface area contributed by atoms with Gasteiger partial charge in [0.25, 0.3) is 5.91 Å². The number of nitrogens with zero attached hydrogens (tertiary/aromatic N) is 2. The molecule has 0 saturated carbocycles. The monoisotopic (exact) mass is 307 g/mol. The predicted octanol–water partition coefficient (Wildman–Crippen LogP) is 2.13. The van der Waals surface area contributed by atoms with E-state index in [1.54, 1.807) is 0 Å². The van der Waals surface area contributed by atoms with Crippen molar-refractivity contribution in [1.82, 2.24) is 15.5 Å². The topological polar surface area (TPSA) is 77.3 Å². The molecule has 1 saturated heterocycles. The molecule has 0 radical (unpaired) electrons. The van der Waals surface area contributed by atoms with Crippen molar-refractivity contribution in [2.45, 2.75) is 31.7 Å². The van der Waals surface area contributed by atoms with Gasteiger partial charge in [-0.05, 0) is 23.4 Å². The Labute approximate surface area is 126 Å². The van der Waals surface area contributed by atoms with E-state index in [9.17, 15) is 4.79 Å². The first-order valence-corrected chi connectivity index (χ1v) is 7.86. The first-order valence-electron chi connectivity index (χ1n) is 6.98. The fourth-order valence-corrected chi connectivity index (χ4v) is 3.48. The summed E-state index contributed by atoms with van der Waals surface area (Å²) in [7, 11) is 0. The summed E-state index contributed by atoms with van der Waals surface area (Å²) >= 11 is 1.46. The maximum absolute atomic E-state index is 12.6. The third-order valence-corrected chi connectivity index (χ3v) is 4.78. The minimum absolute atomic E-state index is 0.0754. The number of hydrogen-bond donors (Lipinski definition) is 1. The Morgan fingerprint density at radius 1 is 1.48 bits per heavy atom. The minimum Gasteiger partial charge on any atom is -0.381 e. The van der Waals surface area contributed by atoms with Crippen LogP contribution in [0, 0.1) is 0 Å². The molecule has 6 nitrogen and oxygen atoms in total. The van der Waals surface area contributed by atoms with Crippen LogP contribution in [-0.4, -0.2) is 29.3 Å². The molecule has 7 heteroatoms. The zero-order valence-corrected chi connectivity index (χ0v) is 12.6. The van der Waals surface area contributed by atoms with E-state index in [1.165, 1.54) is 17.7 Å². The molecule has 1 amide bonds. The van der Waals surface area contributed by atoms with Crippen molar-refractivity contribution in [2.75, 3.05) is 13.2 Å². The fourth-order valence-electron chi connectivity index (χ4n) is 2.59. The van der Waals surface area contributed by atoms with Crippen LogP contribution in [-0.2, 0) is 16.7 Å². The van der Waals surface area contributed by atoms with Crippen LogP contribution >= 0.6 is 11.3 Å². The normalized spacial score (nSPS) is 17.6. The van der Waals surface area contributed by atoms with Crippen molar-refractivity contribution in [3.8, 4) is 0 Å². The van der Waals surface area contributed by atoms with Gasteiger partial charge in [-0.25, -0.2) is 0 Å². The molecule has 3 heterocycles. The van der Waals surface area contributed by atoms with Gasteiger partial charge in [-0.1, -0.05) is 12.1 Å². The number of carbonyl (C=O) groups excluding carboxylic acids is 1. The van der Waals surface area contributed by atoms with E-state index in [1.807, 2.05) is 18.4 Å². The van der Waals surface area contributed by atoms with Crippen LogP contribution in [0.5, 0.6) is 0 Å². The van der Waals surface area contributed by atoms with E-state index in [0.717, 1.165) is 16.9 Å². The Morgan fingerprint density at radius 3 is 2.95 bits per heavy atom. The van der Waals surface area contributed by atoms with Gasteiger partial charge >= 0.3 is 0 Å². The molecule has 0 aromatic carbocycles. The summed E-state index contributed by atoms with van der Waals surface area (Å²) in [5, 5.41) is 9.00. The highest BCUT2D eigenvalue weighted by atomic mass is 32.1. The number of rotatable bonds is 4. The lowest BCUT2D eigenvalue weighted by atomic mass is 9.89. The number of nitrogens with one attached hydrogen (secondary N) is 1. The summed E-state index contributed by atoms with van der Waals surface area (Å²) in [4.78, 5) is 17.5. The molecule has 0 unspecified atom stereocenters. The van der Waals surface area contributed by atoms with E-state index >= 15 is 0 Å². The maximum Gasteiger partial charge on any atom is 0.262 e. The smallest absolute Gasteiger partial charge is 0.262 e. The molecule has 21 heavy (non-hydrogen) atoms. The Hall–Kier alpha value is -1.73. The summed E-state index contributed by atoms with van der Waals surface area (Å²) in [6.07, 6.45) is 3.42. The Bertz CT molecular complexity index is 603. The van der Waals surface area contributed by atoms with E-state index in [0.29, 0.717) is 31.9 Å². The van der Waals surface area contributed by atoms with Crippen LogP contribution in [0.15, 0.2) is 22.4 Å². The molecule has 0 bridgehead atoms. The average Bonchev–Trinajstić information content (AvgIpc) is 3.19. The van der Waals surface area contributed by atoms with E-state index in [-0.39, 0.29) is 5.91 Å². The van der Waals surface area contributed by atoms with Crippen LogP contribution in [0.4, 0.5) is 0 Å². The summed E-state index contributed by atoms with van der Waals surface area (Å²) in [6, 6.07) is 1.99. The predicted molar refractivity (Wildman–Crippen MR) is 77.2 cm³/mol. The molecule has 0 aliphatic carbocycles. The van der Waals surface area contributed by atoms with Crippen LogP contribution in [0.25, 0.3) is 0 Å². The highest BCUT2D eigenvalue weighted by molar-refractivity contribution is 7.12. The molecule has 0 atom stereocenters. The summed E-state index contributed by atoms with van der Waals surface area (Å²) in [5.74, 6) is 0.447. The van der Waals surface area contributed by atoms with Crippen LogP contribution in [0.1, 0.15) is 40.8 Å². The van der Waals surface area contributed by atoms with Gasteiger partial charge in [-0.2, -0.15) is 4.98 Å². The van der Waals surface area contributed by atoms with Crippen molar-refractivity contribution in [2.24, 2.45) is 0 Å². The van der Waals surface area contributed by atoms with Crippen molar-refractivity contribution in [1.29, 1.82) is 0 Å². The quantitative estimate of drug-likeness (QED) is 0.936. The lowest BCUT2D eigenvalue weighted by molar-refractivity contribution is 0.0307. The third kappa shape index (κ3) is 2.71. The zero-order chi connectivity index (χ0) is 14.7. The zero-order valence-electron chi connectivity index (χ0n) is 11.8. The number of thiophene rings is 1. The van der Waals surface area contributed by atoms with Crippen molar-refractivity contribution < 1.29 is 14.1 Å². The van der Waals surface area contributed by atoms with Crippen molar-refractivity contribution >= 4 is 17.2 Å². The van der Waals surface area contributed by atoms with E-state index < -0.39 is 5.54 Å². The highest BCUT2D eigenvalue weighted by Gasteiger charge is 2.40. The second kappa shape index (κ2) is 5.95. The molecular weight excluding hydrogens is 290 g/mol.